The van der Waals surface area contributed by atoms with Gasteiger partial charge in [-0.2, -0.15) is 13.2 Å². The van der Waals surface area contributed by atoms with Crippen molar-refractivity contribution in [1.29, 1.82) is 0 Å². The molecule has 0 aliphatic carbocycles. The van der Waals surface area contributed by atoms with E-state index in [4.69, 9.17) is 25.4 Å². The predicted molar refractivity (Wildman–Crippen MR) is 188 cm³/mol. The van der Waals surface area contributed by atoms with E-state index in [1.807, 2.05) is 51.1 Å². The summed E-state index contributed by atoms with van der Waals surface area (Å²) in [6.07, 6.45) is -4.36. The smallest absolute Gasteiger partial charge is 0.475 e. The van der Waals surface area contributed by atoms with E-state index in [0.717, 1.165) is 23.8 Å². The average molecular weight is 771 g/mol. The molecule has 6 N–H and O–H groups in total. The van der Waals surface area contributed by atoms with Crippen LogP contribution in [-0.2, 0) is 25.7 Å². The van der Waals surface area contributed by atoms with Crippen molar-refractivity contribution in [1.82, 2.24) is 25.1 Å². The number of amides is 3. The molecule has 2 unspecified atom stereocenters. The number of ether oxygens (including phenoxy) is 1. The number of carboxylic acids is 1. The molecule has 3 aromatic rings. The van der Waals surface area contributed by atoms with E-state index in [9.17, 15) is 41.4 Å². The standard InChI is InChI=1S/C34H46F2N6O5.C2HF3O2/c1-33(2,3)29(42(28(44)21-43)17-14-26(31(45)38-16-15-37)40-32(46)47-34(4,5)6)30-39-27(24-18-23(35)12-13-25(24)36)20-41(30)19-22-10-8-7-9-11-22;3-2(4,5)1(6)7/h7-13,18,20,26,29,43H,14-17,19,21,37H2,1-6H3,(H,38,45)(H,40,46);(H,6,7). The number of hydrogen-bond donors (Lipinski definition) is 5. The second-order valence-electron chi connectivity index (χ2n) is 14.1. The normalized spacial score (nSPS) is 12.8. The second-order valence-corrected chi connectivity index (χ2v) is 14.1. The van der Waals surface area contributed by atoms with Crippen LogP contribution in [0.25, 0.3) is 11.3 Å². The molecule has 2 atom stereocenters. The Labute approximate surface area is 309 Å². The van der Waals surface area contributed by atoms with Crippen molar-refractivity contribution in [2.45, 2.75) is 78.4 Å². The van der Waals surface area contributed by atoms with E-state index in [0.29, 0.717) is 5.82 Å². The van der Waals surface area contributed by atoms with Crippen molar-refractivity contribution in [3.63, 3.8) is 0 Å². The summed E-state index contributed by atoms with van der Waals surface area (Å²) < 4.78 is 68.1. The highest BCUT2D eigenvalue weighted by Gasteiger charge is 2.40. The number of benzene rings is 2. The molecule has 3 rings (SSSR count). The van der Waals surface area contributed by atoms with Gasteiger partial charge < -0.3 is 40.8 Å². The van der Waals surface area contributed by atoms with Crippen LogP contribution >= 0.6 is 0 Å². The summed E-state index contributed by atoms with van der Waals surface area (Å²) in [4.78, 5) is 54.3. The number of halogens is 5. The highest BCUT2D eigenvalue weighted by Crippen LogP contribution is 2.39. The van der Waals surface area contributed by atoms with Crippen LogP contribution in [0.4, 0.5) is 26.7 Å². The summed E-state index contributed by atoms with van der Waals surface area (Å²) in [5.41, 5.74) is 5.01. The van der Waals surface area contributed by atoms with Crippen molar-refractivity contribution in [2.75, 3.05) is 26.2 Å². The summed E-state index contributed by atoms with van der Waals surface area (Å²) in [6.45, 7) is 10.4. The molecule has 13 nitrogen and oxygen atoms in total. The molecule has 3 amide bonds. The molecule has 0 aliphatic heterocycles. The van der Waals surface area contributed by atoms with Gasteiger partial charge in [0.25, 0.3) is 0 Å². The molecule has 0 spiro atoms. The van der Waals surface area contributed by atoms with Crippen LogP contribution in [-0.4, -0.2) is 92.6 Å². The molecule has 0 saturated heterocycles. The monoisotopic (exact) mass is 770 g/mol. The zero-order chi connectivity index (χ0) is 41.0. The molecule has 1 aromatic heterocycles. The fraction of sp³-hybridized carbons (Fsp3) is 0.472. The van der Waals surface area contributed by atoms with E-state index in [-0.39, 0.29) is 43.9 Å². The van der Waals surface area contributed by atoms with E-state index in [1.54, 1.807) is 31.5 Å². The van der Waals surface area contributed by atoms with E-state index in [2.05, 4.69) is 10.6 Å². The van der Waals surface area contributed by atoms with Crippen LogP contribution in [0.2, 0.25) is 0 Å². The number of aliphatic hydroxyl groups excluding tert-OH is 1. The van der Waals surface area contributed by atoms with Gasteiger partial charge in [-0.1, -0.05) is 51.1 Å². The lowest BCUT2D eigenvalue weighted by atomic mass is 9.84. The van der Waals surface area contributed by atoms with E-state index in [1.165, 1.54) is 4.90 Å². The maximum Gasteiger partial charge on any atom is 0.490 e. The third-order valence-electron chi connectivity index (χ3n) is 7.39. The molecule has 18 heteroatoms. The topological polar surface area (TPSA) is 189 Å². The number of nitrogens with one attached hydrogen (secondary N) is 2. The van der Waals surface area contributed by atoms with Crippen molar-refractivity contribution in [3.8, 4) is 11.3 Å². The predicted octanol–water partition coefficient (Wildman–Crippen LogP) is 4.78. The van der Waals surface area contributed by atoms with Gasteiger partial charge in [-0.25, -0.2) is 23.4 Å². The first-order valence-corrected chi connectivity index (χ1v) is 16.7. The first-order chi connectivity index (χ1) is 25.0. The number of aliphatic hydroxyl groups is 1. The molecular weight excluding hydrogens is 723 g/mol. The number of hydrogen-bond acceptors (Lipinski definition) is 8. The lowest BCUT2D eigenvalue weighted by Crippen LogP contribution is -2.51. The zero-order valence-corrected chi connectivity index (χ0v) is 30.8. The van der Waals surface area contributed by atoms with Crippen molar-refractivity contribution in [2.24, 2.45) is 11.1 Å². The van der Waals surface area contributed by atoms with Crippen molar-refractivity contribution in [3.05, 3.63) is 77.8 Å². The van der Waals surface area contributed by atoms with Gasteiger partial charge in [0.15, 0.2) is 0 Å². The average Bonchev–Trinajstić information content (AvgIpc) is 3.46. The molecule has 54 heavy (non-hydrogen) atoms. The number of imidazole rings is 1. The Bertz CT molecular complexity index is 1720. The molecule has 298 valence electrons. The van der Waals surface area contributed by atoms with Crippen LogP contribution < -0.4 is 16.4 Å². The second kappa shape index (κ2) is 19.3. The van der Waals surface area contributed by atoms with Crippen LogP contribution in [0.5, 0.6) is 0 Å². The molecule has 0 saturated carbocycles. The van der Waals surface area contributed by atoms with Gasteiger partial charge in [0.2, 0.25) is 11.8 Å². The van der Waals surface area contributed by atoms with Gasteiger partial charge in [0, 0.05) is 37.9 Å². The Morgan fingerprint density at radius 2 is 1.61 bits per heavy atom. The minimum absolute atomic E-state index is 0.0519. The molecule has 0 bridgehead atoms. The number of alkyl carbamates (subject to hydrolysis) is 1. The fourth-order valence-corrected chi connectivity index (χ4v) is 5.17. The Morgan fingerprint density at radius 1 is 1.00 bits per heavy atom. The first kappa shape index (κ1) is 45.1. The molecular formula is C36H47F5N6O7. The Hall–Kier alpha value is -5.10. The van der Waals surface area contributed by atoms with Crippen LogP contribution in [0.1, 0.15) is 65.4 Å². The van der Waals surface area contributed by atoms with Gasteiger partial charge in [0.05, 0.1) is 11.7 Å². The summed E-state index contributed by atoms with van der Waals surface area (Å²) >= 11 is 0. The number of carbonyl (C=O) groups excluding carboxylic acids is 3. The fourth-order valence-electron chi connectivity index (χ4n) is 5.17. The third-order valence-corrected chi connectivity index (χ3v) is 7.39. The van der Waals surface area contributed by atoms with E-state index >= 15 is 0 Å². The highest BCUT2D eigenvalue weighted by atomic mass is 19.4. The quantitative estimate of drug-likeness (QED) is 0.153. The number of aromatic nitrogens is 2. The Kier molecular flexibility index (Phi) is 16.1. The third kappa shape index (κ3) is 14.0. The molecule has 1 heterocycles. The minimum Gasteiger partial charge on any atom is -0.475 e. The number of aliphatic carboxylic acids is 1. The Morgan fingerprint density at radius 3 is 2.13 bits per heavy atom. The molecule has 0 fully saturated rings. The van der Waals surface area contributed by atoms with Crippen molar-refractivity contribution < 1.29 is 56.1 Å². The lowest BCUT2D eigenvalue weighted by Gasteiger charge is -2.40. The highest BCUT2D eigenvalue weighted by molar-refractivity contribution is 5.86. The molecule has 0 radical (unpaired) electrons. The maximum atomic E-state index is 15.0. The van der Waals surface area contributed by atoms with Crippen LogP contribution in [0, 0.1) is 17.0 Å². The maximum absolute atomic E-state index is 15.0. The number of carboxylic acid groups (broad SMARTS) is 1. The van der Waals surface area contributed by atoms with Crippen LogP contribution in [0.15, 0.2) is 54.7 Å². The summed E-state index contributed by atoms with van der Waals surface area (Å²) in [7, 11) is 0. The first-order valence-electron chi connectivity index (χ1n) is 16.7. The molecule has 2 aromatic carbocycles. The lowest BCUT2D eigenvalue weighted by molar-refractivity contribution is -0.192. The van der Waals surface area contributed by atoms with Gasteiger partial charge >= 0.3 is 18.2 Å². The van der Waals surface area contributed by atoms with Crippen LogP contribution in [0.3, 0.4) is 0 Å². The van der Waals surface area contributed by atoms with Gasteiger partial charge in [0.1, 0.15) is 35.7 Å². The minimum atomic E-state index is -5.08. The summed E-state index contributed by atoms with van der Waals surface area (Å²) in [5, 5.41) is 22.5. The largest absolute Gasteiger partial charge is 0.490 e. The number of rotatable bonds is 13. The number of carbonyl (C=O) groups is 4. The summed E-state index contributed by atoms with van der Waals surface area (Å²) in [5.74, 6) is -4.90. The number of nitrogens with two attached hydrogens (primary N) is 1. The van der Waals surface area contributed by atoms with Gasteiger partial charge in [-0.3, -0.25) is 9.59 Å². The number of nitrogens with zero attached hydrogens (tertiary/aromatic N) is 3. The zero-order valence-electron chi connectivity index (χ0n) is 30.8. The number of alkyl halides is 3. The Balaban J connectivity index is 0.00000131. The SMILES string of the molecule is CC(C)(C)OC(=O)NC(CCN(C(=O)CO)C(c1nc(-c2cc(F)ccc2F)cn1Cc1ccccc1)C(C)(C)C)C(=O)NCCN.O=C(O)C(F)(F)F. The summed E-state index contributed by atoms with van der Waals surface area (Å²) in [6, 6.07) is 10.6. The van der Waals surface area contributed by atoms with Gasteiger partial charge in [-0.05, 0) is 56.4 Å². The van der Waals surface area contributed by atoms with E-state index < -0.39 is 71.4 Å². The van der Waals surface area contributed by atoms with Crippen molar-refractivity contribution >= 4 is 23.9 Å². The molecule has 0 aliphatic rings. The van der Waals surface area contributed by atoms with Gasteiger partial charge in [-0.15, -0.1) is 0 Å².